The number of nitrogens with zero attached hydrogens (tertiary/aromatic N) is 3. The number of pyridine rings is 1. The molecular formula is C13H15BrN4O. The summed E-state index contributed by atoms with van der Waals surface area (Å²) in [5.41, 5.74) is 3.08. The Balaban J connectivity index is 2.20. The van der Waals surface area contributed by atoms with Crippen LogP contribution in [0.4, 0.5) is 5.69 Å². The van der Waals surface area contributed by atoms with Crippen LogP contribution in [-0.4, -0.2) is 20.7 Å². The van der Waals surface area contributed by atoms with E-state index in [4.69, 9.17) is 0 Å². The summed E-state index contributed by atoms with van der Waals surface area (Å²) in [6.45, 7) is 3.93. The van der Waals surface area contributed by atoms with Crippen LogP contribution in [0.2, 0.25) is 0 Å². The van der Waals surface area contributed by atoms with E-state index in [0.29, 0.717) is 11.4 Å². The number of halogens is 1. The van der Waals surface area contributed by atoms with Crippen molar-refractivity contribution in [1.29, 1.82) is 0 Å². The fraction of sp³-hybridized carbons (Fsp3) is 0.308. The number of nitrogens with one attached hydrogen (secondary N) is 1. The van der Waals surface area contributed by atoms with E-state index in [9.17, 15) is 4.79 Å². The molecule has 5 nitrogen and oxygen atoms in total. The molecule has 0 spiro atoms. The second-order valence-corrected chi connectivity index (χ2v) is 5.04. The van der Waals surface area contributed by atoms with Crippen LogP contribution in [0.3, 0.4) is 0 Å². The van der Waals surface area contributed by atoms with Crippen molar-refractivity contribution in [1.82, 2.24) is 14.8 Å². The van der Waals surface area contributed by atoms with Gasteiger partial charge in [0, 0.05) is 7.05 Å². The average Bonchev–Trinajstić information content (AvgIpc) is 2.75. The zero-order chi connectivity index (χ0) is 14.0. The molecule has 0 aliphatic rings. The molecule has 0 atom stereocenters. The highest BCUT2D eigenvalue weighted by atomic mass is 79.9. The standard InChI is InChI=1S/C13H15BrN4O/c1-4-9-6-11(18(3)17-9)13(19)16-10-5-8(2)12(14)15-7-10/h5-7H,4H2,1-3H3,(H,16,19). The second kappa shape index (κ2) is 5.52. The first kappa shape index (κ1) is 13.7. The van der Waals surface area contributed by atoms with Crippen molar-refractivity contribution in [2.75, 3.05) is 5.32 Å². The summed E-state index contributed by atoms with van der Waals surface area (Å²) < 4.78 is 2.37. The number of aromatic nitrogens is 3. The van der Waals surface area contributed by atoms with E-state index in [0.717, 1.165) is 22.3 Å². The van der Waals surface area contributed by atoms with Crippen molar-refractivity contribution in [3.8, 4) is 0 Å². The topological polar surface area (TPSA) is 59.8 Å². The number of hydrogen-bond acceptors (Lipinski definition) is 3. The van der Waals surface area contributed by atoms with Gasteiger partial charge in [-0.15, -0.1) is 0 Å². The Morgan fingerprint density at radius 3 is 2.79 bits per heavy atom. The maximum Gasteiger partial charge on any atom is 0.273 e. The number of rotatable bonds is 3. The van der Waals surface area contributed by atoms with Crippen molar-refractivity contribution < 1.29 is 4.79 Å². The third-order valence-electron chi connectivity index (χ3n) is 2.80. The highest BCUT2D eigenvalue weighted by Gasteiger charge is 2.13. The van der Waals surface area contributed by atoms with Gasteiger partial charge in [-0.25, -0.2) is 4.98 Å². The molecule has 0 aromatic carbocycles. The Kier molecular flexibility index (Phi) is 3.99. The summed E-state index contributed by atoms with van der Waals surface area (Å²) in [6.07, 6.45) is 2.42. The predicted octanol–water partition coefficient (Wildman–Crippen LogP) is 2.70. The van der Waals surface area contributed by atoms with Gasteiger partial charge in [-0.2, -0.15) is 5.10 Å². The molecular weight excluding hydrogens is 308 g/mol. The predicted molar refractivity (Wildman–Crippen MR) is 77.2 cm³/mol. The van der Waals surface area contributed by atoms with Gasteiger partial charge in [0.15, 0.2) is 0 Å². The lowest BCUT2D eigenvalue weighted by Gasteiger charge is -2.06. The molecule has 0 saturated carbocycles. The van der Waals surface area contributed by atoms with Gasteiger partial charge in [0.25, 0.3) is 5.91 Å². The highest BCUT2D eigenvalue weighted by Crippen LogP contribution is 2.17. The summed E-state index contributed by atoms with van der Waals surface area (Å²) in [5.74, 6) is -0.182. The Labute approximate surface area is 120 Å². The number of carbonyl (C=O) groups excluding carboxylic acids is 1. The summed E-state index contributed by atoms with van der Waals surface area (Å²) in [4.78, 5) is 16.3. The van der Waals surface area contributed by atoms with E-state index < -0.39 is 0 Å². The van der Waals surface area contributed by atoms with Crippen LogP contribution < -0.4 is 5.32 Å². The SMILES string of the molecule is CCc1cc(C(=O)Nc2cnc(Br)c(C)c2)n(C)n1. The maximum atomic E-state index is 12.1. The number of aryl methyl sites for hydroxylation is 3. The molecule has 1 N–H and O–H groups in total. The molecule has 2 heterocycles. The van der Waals surface area contributed by atoms with E-state index in [1.54, 1.807) is 24.0 Å². The number of anilines is 1. The minimum Gasteiger partial charge on any atom is -0.319 e. The molecule has 2 aromatic rings. The minimum absolute atomic E-state index is 0.182. The fourth-order valence-corrected chi connectivity index (χ4v) is 1.95. The normalized spacial score (nSPS) is 10.5. The van der Waals surface area contributed by atoms with E-state index in [1.165, 1.54) is 0 Å². The van der Waals surface area contributed by atoms with Gasteiger partial charge in [0.05, 0.1) is 17.6 Å². The van der Waals surface area contributed by atoms with Crippen molar-refractivity contribution in [3.05, 3.63) is 39.9 Å². The summed E-state index contributed by atoms with van der Waals surface area (Å²) in [5, 5.41) is 7.08. The van der Waals surface area contributed by atoms with Crippen LogP contribution in [0, 0.1) is 6.92 Å². The first-order valence-corrected chi connectivity index (χ1v) is 6.77. The van der Waals surface area contributed by atoms with Crippen LogP contribution >= 0.6 is 15.9 Å². The molecule has 2 aromatic heterocycles. The Morgan fingerprint density at radius 1 is 1.47 bits per heavy atom. The van der Waals surface area contributed by atoms with E-state index >= 15 is 0 Å². The molecule has 0 radical (unpaired) electrons. The quantitative estimate of drug-likeness (QED) is 0.884. The second-order valence-electron chi connectivity index (χ2n) is 4.28. The zero-order valence-electron chi connectivity index (χ0n) is 11.1. The van der Waals surface area contributed by atoms with E-state index in [-0.39, 0.29) is 5.91 Å². The average molecular weight is 323 g/mol. The fourth-order valence-electron chi connectivity index (χ4n) is 1.73. The Hall–Kier alpha value is -1.69. The van der Waals surface area contributed by atoms with Gasteiger partial charge in [-0.05, 0) is 47.0 Å². The minimum atomic E-state index is -0.182. The van der Waals surface area contributed by atoms with Gasteiger partial charge < -0.3 is 5.32 Å². The molecule has 1 amide bonds. The molecule has 0 fully saturated rings. The maximum absolute atomic E-state index is 12.1. The molecule has 0 bridgehead atoms. The number of hydrogen-bond donors (Lipinski definition) is 1. The van der Waals surface area contributed by atoms with Crippen LogP contribution in [0.1, 0.15) is 28.7 Å². The van der Waals surface area contributed by atoms with Crippen LogP contribution in [0.15, 0.2) is 22.9 Å². The molecule has 0 aliphatic heterocycles. The van der Waals surface area contributed by atoms with Crippen molar-refractivity contribution >= 4 is 27.5 Å². The van der Waals surface area contributed by atoms with Crippen LogP contribution in [0.25, 0.3) is 0 Å². The van der Waals surface area contributed by atoms with Crippen molar-refractivity contribution in [2.45, 2.75) is 20.3 Å². The van der Waals surface area contributed by atoms with Gasteiger partial charge in [-0.3, -0.25) is 9.48 Å². The lowest BCUT2D eigenvalue weighted by atomic mass is 10.2. The smallest absolute Gasteiger partial charge is 0.273 e. The van der Waals surface area contributed by atoms with Crippen LogP contribution in [-0.2, 0) is 13.5 Å². The third-order valence-corrected chi connectivity index (χ3v) is 3.63. The lowest BCUT2D eigenvalue weighted by Crippen LogP contribution is -2.16. The molecule has 0 saturated heterocycles. The first-order chi connectivity index (χ1) is 9.01. The molecule has 100 valence electrons. The van der Waals surface area contributed by atoms with Gasteiger partial charge in [0.2, 0.25) is 0 Å². The zero-order valence-corrected chi connectivity index (χ0v) is 12.7. The van der Waals surface area contributed by atoms with E-state index in [2.05, 4.69) is 31.3 Å². The monoisotopic (exact) mass is 322 g/mol. The van der Waals surface area contributed by atoms with Crippen LogP contribution in [0.5, 0.6) is 0 Å². The molecule has 19 heavy (non-hydrogen) atoms. The first-order valence-electron chi connectivity index (χ1n) is 5.97. The number of carbonyl (C=O) groups is 1. The largest absolute Gasteiger partial charge is 0.319 e. The van der Waals surface area contributed by atoms with Gasteiger partial charge >= 0.3 is 0 Å². The molecule has 2 rings (SSSR count). The van der Waals surface area contributed by atoms with E-state index in [1.807, 2.05) is 19.9 Å². The molecule has 0 unspecified atom stereocenters. The Morgan fingerprint density at radius 2 is 2.21 bits per heavy atom. The summed E-state index contributed by atoms with van der Waals surface area (Å²) in [7, 11) is 1.76. The lowest BCUT2D eigenvalue weighted by molar-refractivity contribution is 0.101. The molecule has 0 aliphatic carbocycles. The Bertz CT molecular complexity index is 621. The summed E-state index contributed by atoms with van der Waals surface area (Å²) >= 11 is 3.33. The van der Waals surface area contributed by atoms with Gasteiger partial charge in [-0.1, -0.05) is 6.92 Å². The third kappa shape index (κ3) is 3.01. The number of amides is 1. The highest BCUT2D eigenvalue weighted by molar-refractivity contribution is 9.10. The summed E-state index contributed by atoms with van der Waals surface area (Å²) in [6, 6.07) is 3.67. The molecule has 6 heteroatoms. The van der Waals surface area contributed by atoms with Crippen molar-refractivity contribution in [2.24, 2.45) is 7.05 Å². The van der Waals surface area contributed by atoms with Gasteiger partial charge in [0.1, 0.15) is 10.3 Å². The van der Waals surface area contributed by atoms with Crippen molar-refractivity contribution in [3.63, 3.8) is 0 Å².